The number of hydrogen-bond donors (Lipinski definition) is 0. The number of urea groups is 1. The van der Waals surface area contributed by atoms with Gasteiger partial charge in [0.25, 0.3) is 5.91 Å². The molecule has 3 aliphatic rings. The third kappa shape index (κ3) is 4.06. The van der Waals surface area contributed by atoms with Crippen LogP contribution < -0.4 is 0 Å². The summed E-state index contributed by atoms with van der Waals surface area (Å²) in [5.74, 6) is 0.696. The number of rotatable bonds is 5. The predicted octanol–water partition coefficient (Wildman–Crippen LogP) is 1.98. The highest BCUT2D eigenvalue weighted by molar-refractivity contribution is 6.08. The fourth-order valence-corrected chi connectivity index (χ4v) is 5.28. The Labute approximate surface area is 198 Å². The van der Waals surface area contributed by atoms with Crippen LogP contribution >= 0.6 is 0 Å². The maximum absolute atomic E-state index is 13.1. The molecule has 34 heavy (non-hydrogen) atoms. The van der Waals surface area contributed by atoms with Crippen molar-refractivity contribution >= 4 is 17.8 Å². The first kappa shape index (κ1) is 22.5. The van der Waals surface area contributed by atoms with Gasteiger partial charge in [0, 0.05) is 38.8 Å². The minimum absolute atomic E-state index is 0.187. The molecule has 180 valence electrons. The molecule has 1 saturated carbocycles. The van der Waals surface area contributed by atoms with Crippen LogP contribution in [0, 0.1) is 0 Å². The van der Waals surface area contributed by atoms with Crippen molar-refractivity contribution in [3.05, 3.63) is 36.2 Å². The average Bonchev–Trinajstić information content (AvgIpc) is 3.40. The van der Waals surface area contributed by atoms with Gasteiger partial charge in [-0.05, 0) is 12.8 Å². The zero-order chi connectivity index (χ0) is 23.7. The molecule has 4 amide bonds. The Morgan fingerprint density at radius 2 is 1.74 bits per heavy atom. The largest absolute Gasteiger partial charge is 0.339 e. The second-order valence-corrected chi connectivity index (χ2v) is 9.36. The summed E-state index contributed by atoms with van der Waals surface area (Å²) in [6.07, 6.45) is 4.30. The second kappa shape index (κ2) is 9.17. The van der Waals surface area contributed by atoms with Gasteiger partial charge in [-0.3, -0.25) is 19.4 Å². The number of imide groups is 1. The van der Waals surface area contributed by atoms with Crippen molar-refractivity contribution in [2.24, 2.45) is 0 Å². The molecule has 0 N–H and O–H groups in total. The standard InChI is InChI=1S/C24H30N6O4/c1-27-23(33)30(22(32)24(27)10-6-3-7-11-24)17-20(31)29-14-12-28(13-15-29)16-19-25-21(26-34-19)18-8-4-2-5-9-18/h2,4-5,8-9H,3,6-7,10-17H2,1H3. The molecule has 5 rings (SSSR count). The second-order valence-electron chi connectivity index (χ2n) is 9.36. The zero-order valence-electron chi connectivity index (χ0n) is 19.5. The lowest BCUT2D eigenvalue weighted by Crippen LogP contribution is -2.52. The molecular formula is C24H30N6O4. The Bertz CT molecular complexity index is 1060. The number of likely N-dealkylation sites (N-methyl/N-ethyl adjacent to an activating group) is 1. The van der Waals surface area contributed by atoms with Gasteiger partial charge in [-0.25, -0.2) is 4.79 Å². The van der Waals surface area contributed by atoms with Crippen LogP contribution in [0.3, 0.4) is 0 Å². The van der Waals surface area contributed by atoms with Gasteiger partial charge in [0.15, 0.2) is 0 Å². The van der Waals surface area contributed by atoms with Crippen LogP contribution in [0.4, 0.5) is 4.79 Å². The number of nitrogens with zero attached hydrogens (tertiary/aromatic N) is 6. The molecule has 1 aromatic carbocycles. The number of hydrogen-bond acceptors (Lipinski definition) is 7. The molecule has 0 radical (unpaired) electrons. The van der Waals surface area contributed by atoms with Crippen LogP contribution in [0.2, 0.25) is 0 Å². The Kier molecular flexibility index (Phi) is 6.07. The first-order chi connectivity index (χ1) is 16.5. The Balaban J connectivity index is 1.14. The summed E-state index contributed by atoms with van der Waals surface area (Å²) < 4.78 is 5.40. The molecule has 10 heteroatoms. The van der Waals surface area contributed by atoms with Crippen LogP contribution in [-0.2, 0) is 16.1 Å². The highest BCUT2D eigenvalue weighted by atomic mass is 16.5. The van der Waals surface area contributed by atoms with Crippen molar-refractivity contribution in [1.82, 2.24) is 29.7 Å². The molecule has 1 aliphatic carbocycles. The molecular weight excluding hydrogens is 436 g/mol. The Morgan fingerprint density at radius 3 is 2.44 bits per heavy atom. The molecule has 2 aromatic rings. The van der Waals surface area contributed by atoms with Gasteiger partial charge in [-0.1, -0.05) is 54.8 Å². The summed E-state index contributed by atoms with van der Waals surface area (Å²) in [6.45, 7) is 2.68. The Hall–Kier alpha value is -3.27. The molecule has 2 saturated heterocycles. The maximum Gasteiger partial charge on any atom is 0.327 e. The van der Waals surface area contributed by atoms with E-state index in [-0.39, 0.29) is 24.4 Å². The molecule has 1 spiro atoms. The van der Waals surface area contributed by atoms with Gasteiger partial charge in [0.05, 0.1) is 6.54 Å². The minimum atomic E-state index is -0.753. The van der Waals surface area contributed by atoms with Gasteiger partial charge in [-0.15, -0.1) is 0 Å². The molecule has 0 unspecified atom stereocenters. The topological polar surface area (TPSA) is 103 Å². The lowest BCUT2D eigenvalue weighted by Gasteiger charge is -2.36. The highest BCUT2D eigenvalue weighted by Gasteiger charge is 2.56. The molecule has 10 nitrogen and oxygen atoms in total. The van der Waals surface area contributed by atoms with E-state index in [1.54, 1.807) is 16.8 Å². The summed E-state index contributed by atoms with van der Waals surface area (Å²) in [7, 11) is 1.69. The van der Waals surface area contributed by atoms with Crippen molar-refractivity contribution in [2.45, 2.75) is 44.2 Å². The van der Waals surface area contributed by atoms with Crippen LogP contribution in [0.1, 0.15) is 38.0 Å². The third-order valence-electron chi connectivity index (χ3n) is 7.36. The number of amides is 4. The van der Waals surface area contributed by atoms with Crippen LogP contribution in [0.15, 0.2) is 34.9 Å². The zero-order valence-corrected chi connectivity index (χ0v) is 19.5. The molecule has 1 aromatic heterocycles. The Morgan fingerprint density at radius 1 is 1.03 bits per heavy atom. The fourth-order valence-electron chi connectivity index (χ4n) is 5.28. The minimum Gasteiger partial charge on any atom is -0.339 e. The van der Waals surface area contributed by atoms with E-state index in [1.165, 1.54) is 0 Å². The number of carbonyl (C=O) groups excluding carboxylic acids is 3. The van der Waals surface area contributed by atoms with Crippen molar-refractivity contribution < 1.29 is 18.9 Å². The van der Waals surface area contributed by atoms with E-state index in [4.69, 9.17) is 4.52 Å². The first-order valence-corrected chi connectivity index (χ1v) is 12.0. The van der Waals surface area contributed by atoms with E-state index in [9.17, 15) is 14.4 Å². The lowest BCUT2D eigenvalue weighted by molar-refractivity contribution is -0.141. The first-order valence-electron chi connectivity index (χ1n) is 12.0. The average molecular weight is 467 g/mol. The molecule has 2 aliphatic heterocycles. The molecule has 0 atom stereocenters. The predicted molar refractivity (Wildman–Crippen MR) is 122 cm³/mol. The molecule has 3 fully saturated rings. The monoisotopic (exact) mass is 466 g/mol. The van der Waals surface area contributed by atoms with E-state index in [0.29, 0.717) is 57.3 Å². The van der Waals surface area contributed by atoms with Crippen molar-refractivity contribution in [3.63, 3.8) is 0 Å². The van der Waals surface area contributed by atoms with Gasteiger partial charge in [-0.2, -0.15) is 4.98 Å². The summed E-state index contributed by atoms with van der Waals surface area (Å²) in [6, 6.07) is 9.30. The van der Waals surface area contributed by atoms with E-state index < -0.39 is 5.54 Å². The van der Waals surface area contributed by atoms with Gasteiger partial charge >= 0.3 is 6.03 Å². The number of aromatic nitrogens is 2. The smallest absolute Gasteiger partial charge is 0.327 e. The van der Waals surface area contributed by atoms with Crippen molar-refractivity contribution in [1.29, 1.82) is 0 Å². The van der Waals surface area contributed by atoms with Gasteiger partial charge in [0.2, 0.25) is 17.6 Å². The SMILES string of the molecule is CN1C(=O)N(CC(=O)N2CCN(Cc3nc(-c4ccccc4)no3)CC2)C(=O)C12CCCCC2. The van der Waals surface area contributed by atoms with Crippen molar-refractivity contribution in [2.75, 3.05) is 39.8 Å². The lowest BCUT2D eigenvalue weighted by atomic mass is 9.81. The van der Waals surface area contributed by atoms with Crippen molar-refractivity contribution in [3.8, 4) is 11.4 Å². The normalized spacial score (nSPS) is 21.0. The quantitative estimate of drug-likeness (QED) is 0.621. The van der Waals surface area contributed by atoms with E-state index in [1.807, 2.05) is 30.3 Å². The number of carbonyl (C=O) groups is 3. The summed E-state index contributed by atoms with van der Waals surface area (Å²) in [5, 5.41) is 4.06. The van der Waals surface area contributed by atoms with E-state index in [0.717, 1.165) is 29.7 Å². The maximum atomic E-state index is 13.1. The van der Waals surface area contributed by atoms with E-state index in [2.05, 4.69) is 15.0 Å². The van der Waals surface area contributed by atoms with Crippen LogP contribution in [-0.4, -0.2) is 92.9 Å². The number of benzene rings is 1. The summed E-state index contributed by atoms with van der Waals surface area (Å²) in [5.41, 5.74) is 0.149. The highest BCUT2D eigenvalue weighted by Crippen LogP contribution is 2.39. The number of piperazine rings is 1. The third-order valence-corrected chi connectivity index (χ3v) is 7.36. The van der Waals surface area contributed by atoms with Crippen LogP contribution in [0.25, 0.3) is 11.4 Å². The molecule has 3 heterocycles. The van der Waals surface area contributed by atoms with Gasteiger partial charge < -0.3 is 14.3 Å². The summed E-state index contributed by atoms with van der Waals surface area (Å²) in [4.78, 5) is 50.0. The summed E-state index contributed by atoms with van der Waals surface area (Å²) >= 11 is 0. The van der Waals surface area contributed by atoms with E-state index >= 15 is 0 Å². The molecule has 0 bridgehead atoms. The van der Waals surface area contributed by atoms with Gasteiger partial charge in [0.1, 0.15) is 12.1 Å². The fraction of sp³-hybridized carbons (Fsp3) is 0.542. The van der Waals surface area contributed by atoms with Crippen LogP contribution in [0.5, 0.6) is 0 Å².